The Balaban J connectivity index is 2.07. The molecule has 7 heteroatoms. The quantitative estimate of drug-likeness (QED) is 0.851. The number of hydrogen-bond donors (Lipinski definition) is 2. The smallest absolute Gasteiger partial charge is 0.240 e. The highest BCUT2D eigenvalue weighted by Crippen LogP contribution is 2.17. The molecule has 1 unspecified atom stereocenters. The van der Waals surface area contributed by atoms with Crippen molar-refractivity contribution in [2.75, 3.05) is 20.1 Å². The molecule has 1 saturated heterocycles. The summed E-state index contributed by atoms with van der Waals surface area (Å²) in [4.78, 5) is 2.23. The Labute approximate surface area is 125 Å². The molecule has 21 heavy (non-hydrogen) atoms. The second-order valence-electron chi connectivity index (χ2n) is 5.44. The first-order valence-electron chi connectivity index (χ1n) is 7.12. The molecule has 0 radical (unpaired) electrons. The predicted molar refractivity (Wildman–Crippen MR) is 79.7 cm³/mol. The maximum Gasteiger partial charge on any atom is 0.240 e. The molecule has 1 aromatic rings. The zero-order valence-corrected chi connectivity index (χ0v) is 13.0. The number of hydrogen-bond acceptors (Lipinski definition) is 4. The van der Waals surface area contributed by atoms with Crippen LogP contribution in [0.4, 0.5) is 4.39 Å². The van der Waals surface area contributed by atoms with E-state index < -0.39 is 15.8 Å². The lowest BCUT2D eigenvalue weighted by molar-refractivity contribution is 0.187. The van der Waals surface area contributed by atoms with Crippen molar-refractivity contribution in [3.8, 4) is 0 Å². The molecule has 0 aromatic heterocycles. The third kappa shape index (κ3) is 4.00. The van der Waals surface area contributed by atoms with Crippen LogP contribution in [-0.4, -0.2) is 39.5 Å². The largest absolute Gasteiger partial charge is 0.326 e. The van der Waals surface area contributed by atoms with Crippen molar-refractivity contribution in [3.05, 3.63) is 29.6 Å². The van der Waals surface area contributed by atoms with E-state index in [0.717, 1.165) is 31.9 Å². The highest BCUT2D eigenvalue weighted by atomic mass is 32.2. The number of likely N-dealkylation sites (tertiary alicyclic amines) is 1. The average Bonchev–Trinajstić information content (AvgIpc) is 2.46. The minimum Gasteiger partial charge on any atom is -0.326 e. The van der Waals surface area contributed by atoms with E-state index in [1.807, 2.05) is 7.05 Å². The molecule has 0 bridgehead atoms. The zero-order valence-electron chi connectivity index (χ0n) is 12.2. The highest BCUT2D eigenvalue weighted by Gasteiger charge is 2.22. The SMILES string of the molecule is CN1CCCCC1CNS(=O)(=O)c1ccc(F)c(CN)c1. The summed E-state index contributed by atoms with van der Waals surface area (Å²) in [6, 6.07) is 3.91. The second-order valence-corrected chi connectivity index (χ2v) is 7.21. The summed E-state index contributed by atoms with van der Waals surface area (Å²) in [6.45, 7) is 1.33. The van der Waals surface area contributed by atoms with Crippen molar-refractivity contribution >= 4 is 10.0 Å². The van der Waals surface area contributed by atoms with Crippen LogP contribution in [0.5, 0.6) is 0 Å². The molecule has 0 saturated carbocycles. The molecule has 0 amide bonds. The fraction of sp³-hybridized carbons (Fsp3) is 0.571. The van der Waals surface area contributed by atoms with E-state index in [1.165, 1.54) is 12.1 Å². The molecule has 1 aliphatic rings. The van der Waals surface area contributed by atoms with Crippen LogP contribution in [0.2, 0.25) is 0 Å². The van der Waals surface area contributed by atoms with Crippen LogP contribution < -0.4 is 10.5 Å². The van der Waals surface area contributed by atoms with Gasteiger partial charge < -0.3 is 10.6 Å². The lowest BCUT2D eigenvalue weighted by Gasteiger charge is -2.32. The monoisotopic (exact) mass is 315 g/mol. The zero-order chi connectivity index (χ0) is 15.5. The minimum absolute atomic E-state index is 0.0272. The molecule has 5 nitrogen and oxygen atoms in total. The highest BCUT2D eigenvalue weighted by molar-refractivity contribution is 7.89. The van der Waals surface area contributed by atoms with Crippen molar-refractivity contribution in [2.24, 2.45) is 5.73 Å². The Bertz CT molecular complexity index is 592. The van der Waals surface area contributed by atoms with Gasteiger partial charge in [0.1, 0.15) is 5.82 Å². The average molecular weight is 315 g/mol. The van der Waals surface area contributed by atoms with Gasteiger partial charge in [0.25, 0.3) is 0 Å². The lowest BCUT2D eigenvalue weighted by Crippen LogP contribution is -2.44. The lowest BCUT2D eigenvalue weighted by atomic mass is 10.0. The van der Waals surface area contributed by atoms with Gasteiger partial charge in [0.2, 0.25) is 10.0 Å². The van der Waals surface area contributed by atoms with Gasteiger partial charge in [0.05, 0.1) is 4.90 Å². The van der Waals surface area contributed by atoms with Gasteiger partial charge in [-0.2, -0.15) is 0 Å². The summed E-state index contributed by atoms with van der Waals surface area (Å²) in [5, 5.41) is 0. The summed E-state index contributed by atoms with van der Waals surface area (Å²) in [5.41, 5.74) is 5.61. The summed E-state index contributed by atoms with van der Waals surface area (Å²) in [5.74, 6) is -0.483. The third-order valence-electron chi connectivity index (χ3n) is 3.98. The fourth-order valence-electron chi connectivity index (χ4n) is 2.57. The van der Waals surface area contributed by atoms with E-state index in [-0.39, 0.29) is 23.0 Å². The van der Waals surface area contributed by atoms with Crippen molar-refractivity contribution in [3.63, 3.8) is 0 Å². The van der Waals surface area contributed by atoms with Gasteiger partial charge >= 0.3 is 0 Å². The number of likely N-dealkylation sites (N-methyl/N-ethyl adjacent to an activating group) is 1. The van der Waals surface area contributed by atoms with Gasteiger partial charge in [-0.15, -0.1) is 0 Å². The minimum atomic E-state index is -3.63. The van der Waals surface area contributed by atoms with Crippen LogP contribution in [0.25, 0.3) is 0 Å². The van der Waals surface area contributed by atoms with Crippen molar-refractivity contribution in [1.29, 1.82) is 0 Å². The predicted octanol–water partition coefficient (Wildman–Crippen LogP) is 1.05. The topological polar surface area (TPSA) is 75.4 Å². The molecule has 1 aromatic carbocycles. The fourth-order valence-corrected chi connectivity index (χ4v) is 3.69. The number of rotatable bonds is 5. The van der Waals surface area contributed by atoms with E-state index in [2.05, 4.69) is 9.62 Å². The molecule has 1 atom stereocenters. The number of sulfonamides is 1. The van der Waals surface area contributed by atoms with Crippen LogP contribution in [-0.2, 0) is 16.6 Å². The van der Waals surface area contributed by atoms with Gasteiger partial charge in [-0.25, -0.2) is 17.5 Å². The standard InChI is InChI=1S/C14H22FN3O2S/c1-18-7-3-2-4-12(18)10-17-21(19,20)13-5-6-14(15)11(8-13)9-16/h5-6,8,12,17H,2-4,7,9-10,16H2,1H3. The van der Waals surface area contributed by atoms with Crippen molar-refractivity contribution < 1.29 is 12.8 Å². The Morgan fingerprint density at radius 3 is 2.86 bits per heavy atom. The summed E-state index contributed by atoms with van der Waals surface area (Å²) < 4.78 is 40.5. The van der Waals surface area contributed by atoms with Crippen LogP contribution in [0.1, 0.15) is 24.8 Å². The van der Waals surface area contributed by atoms with Crippen LogP contribution in [0, 0.1) is 5.82 Å². The molecule has 3 N–H and O–H groups in total. The van der Waals surface area contributed by atoms with Crippen LogP contribution in [0.3, 0.4) is 0 Å². The second kappa shape index (κ2) is 6.83. The molecular formula is C14H22FN3O2S. The molecule has 0 aliphatic carbocycles. The first-order valence-corrected chi connectivity index (χ1v) is 8.61. The normalized spacial score (nSPS) is 20.6. The number of nitrogens with zero attached hydrogens (tertiary/aromatic N) is 1. The Kier molecular flexibility index (Phi) is 5.32. The molecule has 2 rings (SSSR count). The van der Waals surface area contributed by atoms with Gasteiger partial charge in [-0.3, -0.25) is 0 Å². The number of nitrogens with one attached hydrogen (secondary N) is 1. The number of benzene rings is 1. The Morgan fingerprint density at radius 1 is 1.43 bits per heavy atom. The van der Waals surface area contributed by atoms with Gasteiger partial charge in [0, 0.05) is 24.7 Å². The maximum absolute atomic E-state index is 13.4. The van der Waals surface area contributed by atoms with E-state index in [0.29, 0.717) is 6.54 Å². The van der Waals surface area contributed by atoms with Gasteiger partial charge in [-0.05, 0) is 44.6 Å². The molecular weight excluding hydrogens is 293 g/mol. The van der Waals surface area contributed by atoms with E-state index >= 15 is 0 Å². The van der Waals surface area contributed by atoms with Crippen molar-refractivity contribution in [1.82, 2.24) is 9.62 Å². The number of halogens is 1. The Hall–Kier alpha value is -1.02. The van der Waals surface area contributed by atoms with Crippen LogP contribution in [0.15, 0.2) is 23.1 Å². The molecule has 0 spiro atoms. The number of piperidine rings is 1. The van der Waals surface area contributed by atoms with Gasteiger partial charge in [0.15, 0.2) is 0 Å². The third-order valence-corrected chi connectivity index (χ3v) is 5.40. The first-order chi connectivity index (χ1) is 9.94. The van der Waals surface area contributed by atoms with E-state index in [9.17, 15) is 12.8 Å². The Morgan fingerprint density at radius 2 is 2.19 bits per heavy atom. The van der Waals surface area contributed by atoms with Crippen molar-refractivity contribution in [2.45, 2.75) is 36.7 Å². The summed E-state index contributed by atoms with van der Waals surface area (Å²) in [6.07, 6.45) is 3.25. The molecule has 1 aliphatic heterocycles. The number of nitrogens with two attached hydrogens (primary N) is 1. The summed E-state index contributed by atoms with van der Waals surface area (Å²) in [7, 11) is -1.63. The maximum atomic E-state index is 13.4. The van der Waals surface area contributed by atoms with Crippen LogP contribution >= 0.6 is 0 Å². The molecule has 1 fully saturated rings. The van der Waals surface area contributed by atoms with E-state index in [1.54, 1.807) is 0 Å². The van der Waals surface area contributed by atoms with Gasteiger partial charge in [-0.1, -0.05) is 6.42 Å². The molecule has 118 valence electrons. The summed E-state index contributed by atoms with van der Waals surface area (Å²) >= 11 is 0. The first kappa shape index (κ1) is 16.4. The molecule has 1 heterocycles. The van der Waals surface area contributed by atoms with E-state index in [4.69, 9.17) is 5.73 Å².